The third-order valence-corrected chi connectivity index (χ3v) is 4.05. The van der Waals surface area contributed by atoms with Crippen molar-refractivity contribution in [1.29, 1.82) is 0 Å². The van der Waals surface area contributed by atoms with Crippen LogP contribution in [-0.2, 0) is 27.3 Å². The van der Waals surface area contributed by atoms with Crippen molar-refractivity contribution in [2.75, 3.05) is 7.11 Å². The lowest BCUT2D eigenvalue weighted by Crippen LogP contribution is -2.24. The summed E-state index contributed by atoms with van der Waals surface area (Å²) in [5.41, 5.74) is 2.31. The lowest BCUT2D eigenvalue weighted by atomic mass is 10.1. The van der Waals surface area contributed by atoms with E-state index in [4.69, 9.17) is 4.74 Å². The van der Waals surface area contributed by atoms with Gasteiger partial charge < -0.3 is 14.6 Å². The zero-order valence-electron chi connectivity index (χ0n) is 14.3. The quantitative estimate of drug-likeness (QED) is 0.714. The lowest BCUT2D eigenvalue weighted by Gasteiger charge is -2.10. The molecule has 0 aliphatic heterocycles. The third-order valence-electron chi connectivity index (χ3n) is 4.05. The van der Waals surface area contributed by atoms with E-state index in [1.165, 1.54) is 11.7 Å². The van der Waals surface area contributed by atoms with E-state index in [0.717, 1.165) is 22.0 Å². The van der Waals surface area contributed by atoms with Crippen LogP contribution in [0.5, 0.6) is 0 Å². The van der Waals surface area contributed by atoms with E-state index in [9.17, 15) is 14.7 Å². The van der Waals surface area contributed by atoms with Crippen LogP contribution in [0.4, 0.5) is 4.79 Å². The zero-order chi connectivity index (χ0) is 18.5. The first kappa shape index (κ1) is 17.7. The van der Waals surface area contributed by atoms with E-state index in [-0.39, 0.29) is 13.0 Å². The van der Waals surface area contributed by atoms with Crippen molar-refractivity contribution in [3.05, 3.63) is 71.9 Å². The summed E-state index contributed by atoms with van der Waals surface area (Å²) in [6.07, 6.45) is 0.127. The predicted octanol–water partition coefficient (Wildman–Crippen LogP) is 2.90. The second-order valence-corrected chi connectivity index (χ2v) is 5.86. The number of para-hydroxylation sites is 1. The van der Waals surface area contributed by atoms with Crippen molar-refractivity contribution in [3.8, 4) is 0 Å². The molecule has 0 aliphatic carbocycles. The van der Waals surface area contributed by atoms with Gasteiger partial charge in [0.05, 0.1) is 12.6 Å². The van der Waals surface area contributed by atoms with Crippen LogP contribution in [0.1, 0.15) is 11.1 Å². The minimum atomic E-state index is -1.22. The molecule has 2 aromatic carbocycles. The van der Waals surface area contributed by atoms with Crippen LogP contribution >= 0.6 is 0 Å². The number of methoxy groups -OCH3 is 1. The number of nitrogens with zero attached hydrogens (tertiary/aromatic N) is 1. The standard InChI is InChI=1S/C20H19NO5/c1-25-19(23)18(22)12-14-5-4-6-15(11-14)13-26-20(24)21-10-9-16-7-2-3-8-17(16)21/h2-11,18,22H,12-13H2,1H3. The summed E-state index contributed by atoms with van der Waals surface area (Å²) in [5.74, 6) is -0.679. The van der Waals surface area contributed by atoms with Crippen molar-refractivity contribution in [1.82, 2.24) is 4.57 Å². The molecule has 0 spiro atoms. The number of esters is 1. The first-order chi connectivity index (χ1) is 12.6. The fourth-order valence-corrected chi connectivity index (χ4v) is 2.75. The molecule has 26 heavy (non-hydrogen) atoms. The van der Waals surface area contributed by atoms with Gasteiger partial charge in [-0.3, -0.25) is 4.57 Å². The second-order valence-electron chi connectivity index (χ2n) is 5.86. The van der Waals surface area contributed by atoms with Gasteiger partial charge in [0.25, 0.3) is 0 Å². The Morgan fingerprint density at radius 3 is 2.65 bits per heavy atom. The summed E-state index contributed by atoms with van der Waals surface area (Å²) in [7, 11) is 1.23. The Kier molecular flexibility index (Phi) is 5.34. The molecule has 0 radical (unpaired) electrons. The van der Waals surface area contributed by atoms with Crippen molar-refractivity contribution in [2.45, 2.75) is 19.1 Å². The fraction of sp³-hybridized carbons (Fsp3) is 0.200. The molecule has 134 valence electrons. The molecule has 6 heteroatoms. The van der Waals surface area contributed by atoms with Crippen molar-refractivity contribution >= 4 is 23.0 Å². The number of carbonyl (C=O) groups excluding carboxylic acids is 2. The lowest BCUT2D eigenvalue weighted by molar-refractivity contribution is -0.150. The molecule has 0 fully saturated rings. The van der Waals surface area contributed by atoms with Gasteiger partial charge in [0.15, 0.2) is 6.10 Å². The summed E-state index contributed by atoms with van der Waals surface area (Å²) >= 11 is 0. The summed E-state index contributed by atoms with van der Waals surface area (Å²) in [4.78, 5) is 23.6. The summed E-state index contributed by atoms with van der Waals surface area (Å²) in [6.45, 7) is 0.0908. The van der Waals surface area contributed by atoms with Gasteiger partial charge >= 0.3 is 12.1 Å². The van der Waals surface area contributed by atoms with Gasteiger partial charge in [-0.2, -0.15) is 0 Å². The van der Waals surface area contributed by atoms with Gasteiger partial charge in [-0.05, 0) is 23.3 Å². The van der Waals surface area contributed by atoms with Crippen LogP contribution in [0, 0.1) is 0 Å². The van der Waals surface area contributed by atoms with E-state index in [1.54, 1.807) is 24.4 Å². The number of aliphatic hydroxyl groups is 1. The molecule has 3 rings (SSSR count). The number of aliphatic hydroxyl groups excluding tert-OH is 1. The third kappa shape index (κ3) is 3.92. The Hall–Kier alpha value is -3.12. The minimum Gasteiger partial charge on any atom is -0.467 e. The first-order valence-electron chi connectivity index (χ1n) is 8.15. The normalized spacial score (nSPS) is 11.9. The highest BCUT2D eigenvalue weighted by atomic mass is 16.5. The van der Waals surface area contributed by atoms with Crippen molar-refractivity contribution in [2.24, 2.45) is 0 Å². The van der Waals surface area contributed by atoms with Gasteiger partial charge in [-0.15, -0.1) is 0 Å². The SMILES string of the molecule is COC(=O)C(O)Cc1cccc(COC(=O)n2ccc3ccccc32)c1. The summed E-state index contributed by atoms with van der Waals surface area (Å²) < 4.78 is 11.3. The molecule has 0 saturated carbocycles. The molecule has 1 unspecified atom stereocenters. The van der Waals surface area contributed by atoms with Gasteiger partial charge in [0.2, 0.25) is 0 Å². The van der Waals surface area contributed by atoms with Crippen molar-refractivity contribution < 1.29 is 24.2 Å². The predicted molar refractivity (Wildman–Crippen MR) is 95.7 cm³/mol. The molecule has 0 bridgehead atoms. The molecule has 0 saturated heterocycles. The second kappa shape index (κ2) is 7.84. The number of rotatable bonds is 5. The Labute approximate surface area is 150 Å². The van der Waals surface area contributed by atoms with E-state index in [0.29, 0.717) is 0 Å². The molecular weight excluding hydrogens is 334 g/mol. The highest BCUT2D eigenvalue weighted by molar-refractivity contribution is 5.89. The van der Waals surface area contributed by atoms with E-state index < -0.39 is 18.2 Å². The molecular formula is C20H19NO5. The maximum atomic E-state index is 12.3. The molecule has 1 heterocycles. The highest BCUT2D eigenvalue weighted by Gasteiger charge is 2.16. The Balaban J connectivity index is 1.65. The van der Waals surface area contributed by atoms with Crippen molar-refractivity contribution in [3.63, 3.8) is 0 Å². The van der Waals surface area contributed by atoms with Crippen LogP contribution in [0.25, 0.3) is 10.9 Å². The number of fused-ring (bicyclic) bond motifs is 1. The van der Waals surface area contributed by atoms with E-state index >= 15 is 0 Å². The average Bonchev–Trinajstić information content (AvgIpc) is 3.10. The number of benzene rings is 2. The van der Waals surface area contributed by atoms with Crippen LogP contribution in [-0.4, -0.2) is 34.9 Å². The molecule has 0 amide bonds. The molecule has 1 aromatic heterocycles. The minimum absolute atomic E-state index is 0.0908. The fourth-order valence-electron chi connectivity index (χ4n) is 2.75. The molecule has 6 nitrogen and oxygen atoms in total. The maximum Gasteiger partial charge on any atom is 0.418 e. The molecule has 1 N–H and O–H groups in total. The maximum absolute atomic E-state index is 12.3. The smallest absolute Gasteiger partial charge is 0.418 e. The van der Waals surface area contributed by atoms with Crippen LogP contribution < -0.4 is 0 Å². The monoisotopic (exact) mass is 353 g/mol. The molecule has 0 aliphatic rings. The number of hydrogen-bond donors (Lipinski definition) is 1. The number of carbonyl (C=O) groups is 2. The van der Waals surface area contributed by atoms with E-state index in [2.05, 4.69) is 4.74 Å². The first-order valence-corrected chi connectivity index (χ1v) is 8.15. The van der Waals surface area contributed by atoms with Gasteiger partial charge in [-0.1, -0.05) is 42.5 Å². The van der Waals surface area contributed by atoms with Gasteiger partial charge in [0, 0.05) is 18.0 Å². The Bertz CT molecular complexity index is 931. The largest absolute Gasteiger partial charge is 0.467 e. The number of aromatic nitrogens is 1. The van der Waals surface area contributed by atoms with Crippen LogP contribution in [0.15, 0.2) is 60.8 Å². The topological polar surface area (TPSA) is 77.8 Å². The number of hydrogen-bond acceptors (Lipinski definition) is 5. The summed E-state index contributed by atoms with van der Waals surface area (Å²) in [6, 6.07) is 16.6. The average molecular weight is 353 g/mol. The van der Waals surface area contributed by atoms with Crippen LogP contribution in [0.3, 0.4) is 0 Å². The van der Waals surface area contributed by atoms with Crippen LogP contribution in [0.2, 0.25) is 0 Å². The zero-order valence-corrected chi connectivity index (χ0v) is 14.3. The Morgan fingerprint density at radius 1 is 1.08 bits per heavy atom. The van der Waals surface area contributed by atoms with Gasteiger partial charge in [0.1, 0.15) is 6.61 Å². The Morgan fingerprint density at radius 2 is 1.85 bits per heavy atom. The molecule has 1 atom stereocenters. The number of ether oxygens (including phenoxy) is 2. The molecule has 3 aromatic rings. The van der Waals surface area contributed by atoms with Gasteiger partial charge in [-0.25, -0.2) is 9.59 Å². The highest BCUT2D eigenvalue weighted by Crippen LogP contribution is 2.16. The van der Waals surface area contributed by atoms with E-state index in [1.807, 2.05) is 36.4 Å². The summed E-state index contributed by atoms with van der Waals surface area (Å²) in [5, 5.41) is 10.7.